The van der Waals surface area contributed by atoms with E-state index in [-0.39, 0.29) is 35.8 Å². The number of thiazole rings is 1. The van der Waals surface area contributed by atoms with Gasteiger partial charge in [-0.1, -0.05) is 24.3 Å². The third kappa shape index (κ3) is 8.57. The van der Waals surface area contributed by atoms with Crippen molar-refractivity contribution in [1.29, 1.82) is 0 Å². The van der Waals surface area contributed by atoms with Crippen molar-refractivity contribution in [3.05, 3.63) is 51.0 Å². The van der Waals surface area contributed by atoms with Crippen LogP contribution in [-0.4, -0.2) is 32.5 Å². The summed E-state index contributed by atoms with van der Waals surface area (Å²) >= 11 is 1.66. The molecular weight excluding hydrogens is 521 g/mol. The summed E-state index contributed by atoms with van der Waals surface area (Å²) in [5.74, 6) is 0.609. The zero-order valence-corrected chi connectivity index (χ0v) is 21.4. The second-order valence-electron chi connectivity index (χ2n) is 6.82. The summed E-state index contributed by atoms with van der Waals surface area (Å²) in [5.41, 5.74) is 2.72. The van der Waals surface area contributed by atoms with E-state index in [2.05, 4.69) is 25.3 Å². The number of hydrogen-bond acceptors (Lipinski definition) is 5. The number of aliphatic imine (C=N–C) groups is 1. The Morgan fingerprint density at radius 3 is 2.31 bits per heavy atom. The van der Waals surface area contributed by atoms with E-state index in [0.29, 0.717) is 19.0 Å². The lowest BCUT2D eigenvalue weighted by Gasteiger charge is -2.15. The Bertz CT molecular complexity index is 926. The van der Waals surface area contributed by atoms with Gasteiger partial charge in [-0.15, -0.1) is 35.3 Å². The molecule has 0 fully saturated rings. The monoisotopic (exact) mass is 551 g/mol. The normalized spacial score (nSPS) is 12.0. The highest BCUT2D eigenvalue weighted by Crippen LogP contribution is 2.16. The first-order valence-corrected chi connectivity index (χ1v) is 11.6. The highest BCUT2D eigenvalue weighted by Gasteiger charge is 2.15. The molecule has 1 aromatic carbocycles. The van der Waals surface area contributed by atoms with E-state index >= 15 is 0 Å². The van der Waals surface area contributed by atoms with E-state index in [1.54, 1.807) is 18.4 Å². The molecule has 0 aliphatic carbocycles. The van der Waals surface area contributed by atoms with Crippen molar-refractivity contribution in [2.24, 2.45) is 4.99 Å². The van der Waals surface area contributed by atoms with Crippen LogP contribution in [-0.2, 0) is 28.9 Å². The lowest BCUT2D eigenvalue weighted by molar-refractivity contribution is 0.568. The Morgan fingerprint density at radius 2 is 1.76 bits per heavy atom. The maximum Gasteiger partial charge on any atom is 0.216 e. The van der Waals surface area contributed by atoms with Crippen LogP contribution >= 0.6 is 35.3 Å². The highest BCUT2D eigenvalue weighted by molar-refractivity contribution is 14.0. The smallest absolute Gasteiger partial charge is 0.216 e. The number of rotatable bonds is 8. The van der Waals surface area contributed by atoms with Crippen LogP contribution in [0.1, 0.15) is 40.6 Å². The summed E-state index contributed by atoms with van der Waals surface area (Å²) in [7, 11) is -1.67. The molecule has 0 spiro atoms. The fraction of sp³-hybridized carbons (Fsp3) is 0.474. The van der Waals surface area contributed by atoms with Crippen molar-refractivity contribution in [2.45, 2.75) is 52.6 Å². The molecule has 0 radical (unpaired) electrons. The predicted octanol–water partition coefficient (Wildman–Crippen LogP) is 3.07. The first kappa shape index (κ1) is 25.8. The van der Waals surface area contributed by atoms with Gasteiger partial charge in [0, 0.05) is 24.5 Å². The molecule has 0 saturated carbocycles. The molecule has 3 N–H and O–H groups in total. The number of benzene rings is 1. The van der Waals surface area contributed by atoms with E-state index in [0.717, 1.165) is 21.8 Å². The minimum atomic E-state index is -3.38. The summed E-state index contributed by atoms with van der Waals surface area (Å²) < 4.78 is 27.2. The molecule has 0 unspecified atom stereocenters. The SMILES string of the molecule is CN=C(NCc1ccccc1CS(=O)(=O)NC(C)C)NCc1sc(C)nc1C.I. The molecule has 1 aromatic heterocycles. The maximum absolute atomic E-state index is 12.3. The molecule has 0 bridgehead atoms. The second kappa shape index (κ2) is 11.8. The lowest BCUT2D eigenvalue weighted by atomic mass is 10.1. The Balaban J connectivity index is 0.00000420. The predicted molar refractivity (Wildman–Crippen MR) is 131 cm³/mol. The van der Waals surface area contributed by atoms with Crippen LogP contribution in [0, 0.1) is 13.8 Å². The van der Waals surface area contributed by atoms with E-state index in [4.69, 9.17) is 0 Å². The molecule has 0 aliphatic rings. The van der Waals surface area contributed by atoms with Crippen LogP contribution in [0.3, 0.4) is 0 Å². The van der Waals surface area contributed by atoms with Gasteiger partial charge in [0.15, 0.2) is 5.96 Å². The van der Waals surface area contributed by atoms with Crippen LogP contribution < -0.4 is 15.4 Å². The number of halogens is 1. The number of sulfonamides is 1. The summed E-state index contributed by atoms with van der Waals surface area (Å²) in [6, 6.07) is 7.40. The molecule has 10 heteroatoms. The minimum absolute atomic E-state index is 0. The second-order valence-corrected chi connectivity index (χ2v) is 9.86. The Morgan fingerprint density at radius 1 is 1.14 bits per heavy atom. The van der Waals surface area contributed by atoms with Gasteiger partial charge in [-0.2, -0.15) is 0 Å². The van der Waals surface area contributed by atoms with Crippen LogP contribution in [0.2, 0.25) is 0 Å². The topological polar surface area (TPSA) is 95.5 Å². The van der Waals surface area contributed by atoms with Crippen molar-refractivity contribution in [1.82, 2.24) is 20.3 Å². The zero-order valence-electron chi connectivity index (χ0n) is 17.4. The first-order chi connectivity index (χ1) is 13.2. The van der Waals surface area contributed by atoms with Crippen LogP contribution in [0.15, 0.2) is 29.3 Å². The van der Waals surface area contributed by atoms with Crippen molar-refractivity contribution < 1.29 is 8.42 Å². The van der Waals surface area contributed by atoms with Gasteiger partial charge in [0.1, 0.15) is 0 Å². The number of guanidine groups is 1. The minimum Gasteiger partial charge on any atom is -0.352 e. The molecule has 29 heavy (non-hydrogen) atoms. The Hall–Kier alpha value is -1.24. The van der Waals surface area contributed by atoms with Gasteiger partial charge < -0.3 is 10.6 Å². The largest absolute Gasteiger partial charge is 0.352 e. The lowest BCUT2D eigenvalue weighted by Crippen LogP contribution is -2.36. The first-order valence-electron chi connectivity index (χ1n) is 9.14. The van der Waals surface area contributed by atoms with Crippen LogP contribution in [0.4, 0.5) is 0 Å². The van der Waals surface area contributed by atoms with Gasteiger partial charge in [0.25, 0.3) is 0 Å². The van der Waals surface area contributed by atoms with Gasteiger partial charge in [-0.05, 0) is 38.8 Å². The van der Waals surface area contributed by atoms with E-state index in [9.17, 15) is 8.42 Å². The molecular formula is C19H30IN5O2S2. The average molecular weight is 552 g/mol. The Kier molecular flexibility index (Phi) is 10.5. The summed E-state index contributed by atoms with van der Waals surface area (Å²) in [6.45, 7) is 8.74. The summed E-state index contributed by atoms with van der Waals surface area (Å²) in [5, 5.41) is 7.58. The summed E-state index contributed by atoms with van der Waals surface area (Å²) in [4.78, 5) is 9.85. The van der Waals surface area contributed by atoms with Crippen molar-refractivity contribution >= 4 is 51.3 Å². The van der Waals surface area contributed by atoms with Crippen LogP contribution in [0.5, 0.6) is 0 Å². The van der Waals surface area contributed by atoms with Crippen molar-refractivity contribution in [3.8, 4) is 0 Å². The number of aromatic nitrogens is 1. The standard InChI is InChI=1S/C19H29N5O2S2.HI/c1-13(2)24-28(25,26)12-17-9-7-6-8-16(17)10-21-19(20-5)22-11-18-14(3)23-15(4)27-18;/h6-9,13,24H,10-12H2,1-5H3,(H2,20,21,22);1H. The third-order valence-electron chi connectivity index (χ3n) is 3.97. The van der Waals surface area contributed by atoms with Crippen molar-refractivity contribution in [2.75, 3.05) is 7.05 Å². The molecule has 0 aliphatic heterocycles. The van der Waals surface area contributed by atoms with Gasteiger partial charge >= 0.3 is 0 Å². The number of aryl methyl sites for hydroxylation is 2. The zero-order chi connectivity index (χ0) is 20.7. The van der Waals surface area contributed by atoms with Gasteiger partial charge in [-0.3, -0.25) is 4.99 Å². The number of hydrogen-bond donors (Lipinski definition) is 3. The molecule has 0 atom stereocenters. The number of nitrogens with zero attached hydrogens (tertiary/aromatic N) is 2. The molecule has 1 heterocycles. The summed E-state index contributed by atoms with van der Waals surface area (Å²) in [6.07, 6.45) is 0. The Labute approximate surface area is 194 Å². The quantitative estimate of drug-likeness (QED) is 0.266. The molecule has 2 aromatic rings. The van der Waals surface area contributed by atoms with E-state index in [1.807, 2.05) is 52.0 Å². The molecule has 0 saturated heterocycles. The van der Waals surface area contributed by atoms with Gasteiger partial charge in [0.05, 0.1) is 23.0 Å². The van der Waals surface area contributed by atoms with Gasteiger partial charge in [0.2, 0.25) is 10.0 Å². The van der Waals surface area contributed by atoms with Gasteiger partial charge in [-0.25, -0.2) is 18.1 Å². The van der Waals surface area contributed by atoms with E-state index in [1.165, 1.54) is 4.88 Å². The molecule has 7 nitrogen and oxygen atoms in total. The third-order valence-corrected chi connectivity index (χ3v) is 6.56. The highest BCUT2D eigenvalue weighted by atomic mass is 127. The fourth-order valence-electron chi connectivity index (χ4n) is 2.78. The fourth-order valence-corrected chi connectivity index (χ4v) is 5.15. The van der Waals surface area contributed by atoms with Crippen LogP contribution in [0.25, 0.3) is 0 Å². The van der Waals surface area contributed by atoms with E-state index < -0.39 is 10.0 Å². The average Bonchev–Trinajstić information content (AvgIpc) is 2.92. The molecule has 162 valence electrons. The maximum atomic E-state index is 12.3. The number of nitrogens with one attached hydrogen (secondary N) is 3. The van der Waals surface area contributed by atoms with Crippen molar-refractivity contribution in [3.63, 3.8) is 0 Å². The molecule has 0 amide bonds. The molecule has 2 rings (SSSR count).